The van der Waals surface area contributed by atoms with Gasteiger partial charge >= 0.3 is 33.3 Å². The zero-order valence-corrected chi connectivity index (χ0v) is 26.5. The Labute approximate surface area is 243 Å². The van der Waals surface area contributed by atoms with Crippen molar-refractivity contribution in [1.82, 2.24) is 26.6 Å². The van der Waals surface area contributed by atoms with Gasteiger partial charge in [-0.25, -0.2) is 0 Å². The molecule has 0 aromatic rings. The van der Waals surface area contributed by atoms with E-state index in [1.165, 1.54) is 89.9 Å². The fourth-order valence-corrected chi connectivity index (χ4v) is 5.72. The zero-order valence-electron chi connectivity index (χ0n) is 23.8. The molecule has 7 nitrogen and oxygen atoms in total. The Balaban J connectivity index is 0.00000217. The molecule has 1 saturated heterocycles. The van der Waals surface area contributed by atoms with Crippen LogP contribution < -0.4 is 38.1 Å². The van der Waals surface area contributed by atoms with E-state index >= 15 is 0 Å². The van der Waals surface area contributed by atoms with E-state index in [9.17, 15) is 0 Å². The van der Waals surface area contributed by atoms with E-state index in [1.807, 2.05) is 0 Å². The van der Waals surface area contributed by atoms with Gasteiger partial charge in [0.05, 0.1) is 13.1 Å². The number of nitrogens with one attached hydrogen (secondary N) is 5. The average molecular weight is 610 g/mol. The summed E-state index contributed by atoms with van der Waals surface area (Å²) >= 11 is 0.00694. The van der Waals surface area contributed by atoms with Crippen LogP contribution in [0.15, 0.2) is 0 Å². The van der Waals surface area contributed by atoms with Crippen LogP contribution >= 0.6 is 20.2 Å². The van der Waals surface area contributed by atoms with E-state index in [0.29, 0.717) is 30.2 Å². The standard InChI is InChI=1S/C27H59N7.2ClH.Mn/c1-2-3-4-13-25-21-30-20-23(11-7-9-16-28)33-22-24(12-8-10-17-29)31-18-19-32-26-14-5-6-15-27(26)34-25;;;/h23-27,30-34H,2-22,28-29H2,1H3;2*1H;/q;;;+2/t23-,24+,25-,26-,27-;;;/m1.../s1. The van der Waals surface area contributed by atoms with Crippen LogP contribution in [-0.2, 0) is 13.1 Å². The van der Waals surface area contributed by atoms with Crippen molar-refractivity contribution < 1.29 is 24.6 Å². The van der Waals surface area contributed by atoms with E-state index in [-0.39, 0.29) is 13.1 Å². The third kappa shape index (κ3) is 18.7. The summed E-state index contributed by atoms with van der Waals surface area (Å²) in [7, 11) is 9.59. The van der Waals surface area contributed by atoms with Crippen LogP contribution in [0.2, 0.25) is 0 Å². The molecule has 2 rings (SSSR count). The third-order valence-electron chi connectivity index (χ3n) is 7.88. The zero-order chi connectivity index (χ0) is 27.0. The third-order valence-corrected chi connectivity index (χ3v) is 7.88. The Morgan fingerprint density at radius 2 is 1.22 bits per heavy atom. The molecule has 0 aromatic carbocycles. The summed E-state index contributed by atoms with van der Waals surface area (Å²) in [6.45, 7) is 9.77. The van der Waals surface area contributed by atoms with Crippen molar-refractivity contribution >= 4 is 20.2 Å². The van der Waals surface area contributed by atoms with Gasteiger partial charge in [-0.05, 0) is 57.8 Å². The molecule has 0 aromatic heterocycles. The average Bonchev–Trinajstić information content (AvgIpc) is 2.90. The van der Waals surface area contributed by atoms with Crippen molar-refractivity contribution in [2.24, 2.45) is 0 Å². The Morgan fingerprint density at radius 1 is 0.676 bits per heavy atom. The predicted octanol–water partition coefficient (Wildman–Crippen LogP) is 2.15. The summed E-state index contributed by atoms with van der Waals surface area (Å²) in [4.78, 5) is 0. The first-order valence-corrected chi connectivity index (χ1v) is 18.6. The summed E-state index contributed by atoms with van der Waals surface area (Å²) in [5.74, 6) is 0. The Kier molecular flexibility index (Phi) is 25.0. The number of quaternary nitrogens is 2. The molecule has 0 spiro atoms. The second-order valence-corrected chi connectivity index (χ2v) is 12.9. The van der Waals surface area contributed by atoms with Gasteiger partial charge in [0.1, 0.15) is 0 Å². The quantitative estimate of drug-likeness (QED) is 0.135. The molecule has 0 bridgehead atoms. The number of hydrogen-bond donors (Lipinski definition) is 7. The van der Waals surface area contributed by atoms with Crippen LogP contribution in [-0.4, -0.2) is 76.0 Å². The van der Waals surface area contributed by atoms with Gasteiger partial charge in [0.2, 0.25) is 0 Å². The maximum absolute atomic E-state index is 4.80. The summed E-state index contributed by atoms with van der Waals surface area (Å²) in [6, 6.07) is 2.92. The first kappa shape index (κ1) is 35.8. The molecule has 1 saturated carbocycles. The van der Waals surface area contributed by atoms with Gasteiger partial charge in [0.15, 0.2) is 0 Å². The summed E-state index contributed by atoms with van der Waals surface area (Å²) in [5.41, 5.74) is 8.08. The van der Waals surface area contributed by atoms with Crippen molar-refractivity contribution in [3.63, 3.8) is 0 Å². The molecule has 5 atom stereocenters. The van der Waals surface area contributed by atoms with E-state index in [0.717, 1.165) is 45.8 Å². The van der Waals surface area contributed by atoms with Gasteiger partial charge in [-0.2, -0.15) is 0 Å². The normalized spacial score (nSPS) is 28.3. The molecule has 1 heterocycles. The minimum absolute atomic E-state index is 0.00694. The van der Waals surface area contributed by atoms with Gasteiger partial charge in [0.25, 0.3) is 0 Å². The Bertz CT molecular complexity index is 496. The summed E-state index contributed by atoms with van der Waals surface area (Å²) in [6.07, 6.45) is 18.2. The van der Waals surface area contributed by atoms with Crippen molar-refractivity contribution in [2.45, 2.75) is 127 Å². The van der Waals surface area contributed by atoms with Gasteiger partial charge in [-0.15, -0.1) is 0 Å². The fraction of sp³-hybridized carbons (Fsp3) is 1.00. The second kappa shape index (κ2) is 25.8. The molecule has 0 amide bonds. The SMILES string of the molecule is CCCCC[C@@H]1CNC[C@@H](CCCC[NH3+])NC[C@H](CCCC[NH3+])NCCN[C@@H]2CCCC[C@H]2N1.[Cl][Mn][Cl]. The molecule has 11 N–H and O–H groups in total. The van der Waals surface area contributed by atoms with Gasteiger partial charge in [-0.3, -0.25) is 0 Å². The molecule has 2 fully saturated rings. The van der Waals surface area contributed by atoms with Crippen molar-refractivity contribution in [1.29, 1.82) is 0 Å². The molecule has 2 aliphatic rings. The molecule has 1 aliphatic heterocycles. The fourth-order valence-electron chi connectivity index (χ4n) is 5.72. The number of hydrogen-bond acceptors (Lipinski definition) is 5. The van der Waals surface area contributed by atoms with Crippen LogP contribution in [0.1, 0.15) is 96.8 Å². The van der Waals surface area contributed by atoms with E-state index in [1.54, 1.807) is 0 Å². The summed E-state index contributed by atoms with van der Waals surface area (Å²) < 4.78 is 0. The van der Waals surface area contributed by atoms with Gasteiger partial charge < -0.3 is 38.1 Å². The molecule has 37 heavy (non-hydrogen) atoms. The summed E-state index contributed by atoms with van der Waals surface area (Å²) in [5, 5.41) is 19.7. The van der Waals surface area contributed by atoms with Crippen LogP contribution in [0.3, 0.4) is 0 Å². The van der Waals surface area contributed by atoms with Crippen molar-refractivity contribution in [2.75, 3.05) is 45.8 Å². The van der Waals surface area contributed by atoms with Gasteiger partial charge in [0, 0.05) is 62.9 Å². The molecular formula is C27H61Cl2MnN7+2. The monoisotopic (exact) mass is 608 g/mol. The maximum atomic E-state index is 4.80. The molecule has 0 radical (unpaired) electrons. The van der Waals surface area contributed by atoms with E-state index < -0.39 is 0 Å². The Morgan fingerprint density at radius 3 is 1.86 bits per heavy atom. The molecule has 10 heteroatoms. The number of fused-ring (bicyclic) bond motifs is 1. The molecular weight excluding hydrogens is 548 g/mol. The van der Waals surface area contributed by atoms with Crippen LogP contribution in [0.4, 0.5) is 0 Å². The van der Waals surface area contributed by atoms with E-state index in [4.69, 9.17) is 20.2 Å². The first-order chi connectivity index (χ1) is 18.2. The number of unbranched alkanes of at least 4 members (excludes halogenated alkanes) is 4. The molecule has 1 aliphatic carbocycles. The predicted molar refractivity (Wildman–Crippen MR) is 156 cm³/mol. The van der Waals surface area contributed by atoms with Gasteiger partial charge in [-0.1, -0.05) is 39.0 Å². The number of halogens is 2. The second-order valence-electron chi connectivity index (χ2n) is 11.0. The van der Waals surface area contributed by atoms with Crippen molar-refractivity contribution in [3.8, 4) is 0 Å². The van der Waals surface area contributed by atoms with Crippen LogP contribution in [0, 0.1) is 0 Å². The molecule has 0 unspecified atom stereocenters. The van der Waals surface area contributed by atoms with Crippen LogP contribution in [0.5, 0.6) is 0 Å². The van der Waals surface area contributed by atoms with Crippen molar-refractivity contribution in [3.05, 3.63) is 0 Å². The Hall–Kier alpha value is 0.819. The minimum atomic E-state index is 0.00694. The topological polar surface area (TPSA) is 115 Å². The van der Waals surface area contributed by atoms with E-state index in [2.05, 4.69) is 45.0 Å². The molecule has 223 valence electrons. The number of rotatable bonds is 12. The first-order valence-electron chi connectivity index (χ1n) is 15.3. The van der Waals surface area contributed by atoms with Crippen LogP contribution in [0.25, 0.3) is 0 Å².